The molecule has 10 heteroatoms. The lowest BCUT2D eigenvalue weighted by Crippen LogP contribution is -2.37. The van der Waals surface area contributed by atoms with Gasteiger partial charge >= 0.3 is 0 Å². The first-order valence-corrected chi connectivity index (χ1v) is 15.2. The number of carbonyl (C=O) groups is 2. The summed E-state index contributed by atoms with van der Waals surface area (Å²) in [6.45, 7) is 11.7. The van der Waals surface area contributed by atoms with Crippen molar-refractivity contribution in [2.75, 3.05) is 25.0 Å². The molecule has 2 bridgehead atoms. The lowest BCUT2D eigenvalue weighted by molar-refractivity contribution is 0.0999. The first-order valence-electron chi connectivity index (χ1n) is 12.9. The Kier molecular flexibility index (Phi) is 6.54. The predicted molar refractivity (Wildman–Crippen MR) is 145 cm³/mol. The standard InChI is InChI=1S/C27H36N4O4S2/c1-5-30-11-10-20-21(14-30)36-25(22(20)23(28)32)29-24(33)17-6-8-19(9-7-17)37(34,35)31-16-27(4)13-18(31)12-26(2,3)15-27/h6-9,18H,5,10-16H2,1-4H3,(H2,28,32)(H,29,33). The van der Waals surface area contributed by atoms with Crippen molar-refractivity contribution in [1.29, 1.82) is 0 Å². The Morgan fingerprint density at radius 1 is 1.16 bits per heavy atom. The Labute approximate surface area is 223 Å². The van der Waals surface area contributed by atoms with E-state index in [0.29, 0.717) is 29.1 Å². The van der Waals surface area contributed by atoms with Gasteiger partial charge in [-0.2, -0.15) is 4.31 Å². The lowest BCUT2D eigenvalue weighted by Gasteiger charge is -2.39. The number of fused-ring (bicyclic) bond motifs is 3. The molecule has 3 N–H and O–H groups in total. The fourth-order valence-corrected chi connectivity index (χ4v) is 9.92. The number of nitrogens with zero attached hydrogens (tertiary/aromatic N) is 2. The third kappa shape index (κ3) is 4.84. The predicted octanol–water partition coefficient (Wildman–Crippen LogP) is 4.07. The summed E-state index contributed by atoms with van der Waals surface area (Å²) in [4.78, 5) is 28.8. The molecule has 2 aromatic rings. The summed E-state index contributed by atoms with van der Waals surface area (Å²) in [5, 5.41) is 3.31. The highest BCUT2D eigenvalue weighted by atomic mass is 32.2. The molecule has 37 heavy (non-hydrogen) atoms. The van der Waals surface area contributed by atoms with Crippen LogP contribution < -0.4 is 11.1 Å². The third-order valence-electron chi connectivity index (χ3n) is 8.15. The minimum Gasteiger partial charge on any atom is -0.365 e. The van der Waals surface area contributed by atoms with Crippen LogP contribution in [0, 0.1) is 10.8 Å². The van der Waals surface area contributed by atoms with E-state index in [4.69, 9.17) is 5.73 Å². The number of hydrogen-bond donors (Lipinski definition) is 2. The van der Waals surface area contributed by atoms with Gasteiger partial charge in [0.2, 0.25) is 10.0 Å². The molecule has 3 heterocycles. The van der Waals surface area contributed by atoms with E-state index in [9.17, 15) is 18.0 Å². The Hall–Kier alpha value is -2.27. The molecule has 0 spiro atoms. The van der Waals surface area contributed by atoms with Gasteiger partial charge in [0.1, 0.15) is 5.00 Å². The first kappa shape index (κ1) is 26.3. The van der Waals surface area contributed by atoms with Gasteiger partial charge in [0.15, 0.2) is 0 Å². The molecule has 2 amide bonds. The van der Waals surface area contributed by atoms with E-state index in [2.05, 4.69) is 37.9 Å². The second-order valence-electron chi connectivity index (χ2n) is 11.9. The molecule has 1 saturated heterocycles. The SMILES string of the molecule is CCN1CCc2c(sc(NC(=O)c3ccc(S(=O)(=O)N4CC5(C)CC4CC(C)(C)C5)cc3)c2C(N)=O)C1. The molecule has 2 unspecified atom stereocenters. The number of nitrogens with two attached hydrogens (primary N) is 1. The van der Waals surface area contributed by atoms with Crippen molar-refractivity contribution < 1.29 is 18.0 Å². The number of hydrogen-bond acceptors (Lipinski definition) is 6. The summed E-state index contributed by atoms with van der Waals surface area (Å²) in [7, 11) is -3.67. The monoisotopic (exact) mass is 544 g/mol. The summed E-state index contributed by atoms with van der Waals surface area (Å²) in [6, 6.07) is 6.09. The molecule has 1 aromatic carbocycles. The number of primary amides is 1. The molecule has 1 aromatic heterocycles. The summed E-state index contributed by atoms with van der Waals surface area (Å²) >= 11 is 1.39. The van der Waals surface area contributed by atoms with Crippen LogP contribution in [0.3, 0.4) is 0 Å². The van der Waals surface area contributed by atoms with Crippen molar-refractivity contribution in [3.05, 3.63) is 45.8 Å². The van der Waals surface area contributed by atoms with Gasteiger partial charge in [0.05, 0.1) is 10.5 Å². The Morgan fingerprint density at radius 2 is 1.86 bits per heavy atom. The van der Waals surface area contributed by atoms with E-state index in [1.807, 2.05) is 0 Å². The second-order valence-corrected chi connectivity index (χ2v) is 14.9. The number of sulfonamides is 1. The first-order chi connectivity index (χ1) is 17.3. The number of amides is 2. The number of anilines is 1. The fraction of sp³-hybridized carbons (Fsp3) is 0.556. The zero-order valence-electron chi connectivity index (χ0n) is 22.0. The van der Waals surface area contributed by atoms with Crippen molar-refractivity contribution in [2.45, 2.75) is 70.9 Å². The molecule has 2 atom stereocenters. The average Bonchev–Trinajstić information content (AvgIpc) is 3.31. The summed E-state index contributed by atoms with van der Waals surface area (Å²) in [6.07, 6.45) is 3.47. The van der Waals surface area contributed by atoms with Gasteiger partial charge in [-0.3, -0.25) is 14.5 Å². The topological polar surface area (TPSA) is 113 Å². The summed E-state index contributed by atoms with van der Waals surface area (Å²) < 4.78 is 28.8. The zero-order valence-corrected chi connectivity index (χ0v) is 23.6. The highest BCUT2D eigenvalue weighted by Crippen LogP contribution is 2.53. The number of thiophene rings is 1. The molecular formula is C27H36N4O4S2. The van der Waals surface area contributed by atoms with Crippen molar-refractivity contribution >= 4 is 38.2 Å². The van der Waals surface area contributed by atoms with Crippen LogP contribution in [0.15, 0.2) is 29.2 Å². The van der Waals surface area contributed by atoms with Crippen LogP contribution in [0.5, 0.6) is 0 Å². The summed E-state index contributed by atoms with van der Waals surface area (Å²) in [5.41, 5.74) is 7.43. The number of benzene rings is 1. The van der Waals surface area contributed by atoms with E-state index >= 15 is 0 Å². The molecular weight excluding hydrogens is 508 g/mol. The van der Waals surface area contributed by atoms with Gasteiger partial charge in [-0.1, -0.05) is 27.7 Å². The van der Waals surface area contributed by atoms with Crippen LogP contribution in [-0.4, -0.2) is 55.1 Å². The second kappa shape index (κ2) is 9.18. The minimum atomic E-state index is -3.67. The fourth-order valence-electron chi connectivity index (χ4n) is 6.85. The van der Waals surface area contributed by atoms with Crippen LogP contribution in [0.2, 0.25) is 0 Å². The lowest BCUT2D eigenvalue weighted by atomic mass is 9.65. The Balaban J connectivity index is 1.35. The highest BCUT2D eigenvalue weighted by Gasteiger charge is 2.53. The minimum absolute atomic E-state index is 0.00226. The number of likely N-dealkylation sites (N-methyl/N-ethyl adjacent to an activating group) is 1. The molecule has 1 saturated carbocycles. The van der Waals surface area contributed by atoms with Crippen molar-refractivity contribution in [1.82, 2.24) is 9.21 Å². The highest BCUT2D eigenvalue weighted by molar-refractivity contribution is 7.89. The largest absolute Gasteiger partial charge is 0.365 e. The van der Waals surface area contributed by atoms with E-state index in [-0.39, 0.29) is 21.8 Å². The maximum Gasteiger partial charge on any atom is 0.256 e. The van der Waals surface area contributed by atoms with E-state index < -0.39 is 21.8 Å². The van der Waals surface area contributed by atoms with E-state index in [1.165, 1.54) is 35.6 Å². The van der Waals surface area contributed by atoms with Crippen molar-refractivity contribution in [3.63, 3.8) is 0 Å². The molecule has 3 aliphatic rings. The molecule has 5 rings (SSSR count). The average molecular weight is 545 g/mol. The van der Waals surface area contributed by atoms with Gasteiger partial charge in [-0.25, -0.2) is 8.42 Å². The smallest absolute Gasteiger partial charge is 0.256 e. The molecule has 2 fully saturated rings. The summed E-state index contributed by atoms with van der Waals surface area (Å²) in [5.74, 6) is -0.949. The van der Waals surface area contributed by atoms with Crippen molar-refractivity contribution in [2.24, 2.45) is 16.6 Å². The van der Waals surface area contributed by atoms with Crippen LogP contribution in [0.4, 0.5) is 5.00 Å². The van der Waals surface area contributed by atoms with Gasteiger partial charge in [0, 0.05) is 36.1 Å². The molecule has 8 nitrogen and oxygen atoms in total. The van der Waals surface area contributed by atoms with Crippen LogP contribution in [-0.2, 0) is 23.0 Å². The number of rotatable bonds is 6. The molecule has 1 aliphatic carbocycles. The Morgan fingerprint density at radius 3 is 2.51 bits per heavy atom. The van der Waals surface area contributed by atoms with Gasteiger partial charge in [0.25, 0.3) is 11.8 Å². The van der Waals surface area contributed by atoms with Crippen LogP contribution in [0.25, 0.3) is 0 Å². The van der Waals surface area contributed by atoms with Gasteiger partial charge < -0.3 is 11.1 Å². The van der Waals surface area contributed by atoms with Gasteiger partial charge in [-0.15, -0.1) is 11.3 Å². The maximum atomic E-state index is 13.6. The van der Waals surface area contributed by atoms with E-state index in [0.717, 1.165) is 49.3 Å². The third-order valence-corrected chi connectivity index (χ3v) is 11.2. The van der Waals surface area contributed by atoms with Crippen LogP contribution in [0.1, 0.15) is 78.1 Å². The quantitative estimate of drug-likeness (QED) is 0.569. The normalized spacial score (nSPS) is 25.6. The van der Waals surface area contributed by atoms with Crippen LogP contribution >= 0.6 is 11.3 Å². The zero-order chi connectivity index (χ0) is 26.8. The maximum absolute atomic E-state index is 13.6. The van der Waals surface area contributed by atoms with Crippen molar-refractivity contribution in [3.8, 4) is 0 Å². The Bertz CT molecular complexity index is 1350. The molecule has 200 valence electrons. The molecule has 2 aliphatic heterocycles. The number of nitrogens with one attached hydrogen (secondary N) is 1. The number of carbonyl (C=O) groups excluding carboxylic acids is 2. The van der Waals surface area contributed by atoms with E-state index in [1.54, 1.807) is 4.31 Å². The van der Waals surface area contributed by atoms with Gasteiger partial charge in [-0.05, 0) is 72.9 Å². The molecule has 0 radical (unpaired) electrons.